The summed E-state index contributed by atoms with van der Waals surface area (Å²) in [6.07, 6.45) is 0. The van der Waals surface area contributed by atoms with Crippen LogP contribution < -0.4 is 10.2 Å². The highest BCUT2D eigenvalue weighted by Crippen LogP contribution is 2.32. The van der Waals surface area contributed by atoms with Crippen LogP contribution in [0.5, 0.6) is 0 Å². The fourth-order valence-corrected chi connectivity index (χ4v) is 2.69. The maximum Gasteiger partial charge on any atom is 0.0786 e. The molecule has 0 bridgehead atoms. The molecule has 0 fully saturated rings. The van der Waals surface area contributed by atoms with Gasteiger partial charge in [-0.3, -0.25) is 0 Å². The molecule has 0 unspecified atom stereocenters. The van der Waals surface area contributed by atoms with Gasteiger partial charge in [0.1, 0.15) is 0 Å². The Morgan fingerprint density at radius 2 is 1.85 bits per heavy atom. The van der Waals surface area contributed by atoms with Crippen molar-refractivity contribution >= 4 is 23.0 Å². The smallest absolute Gasteiger partial charge is 0.0786 e. The van der Waals surface area contributed by atoms with Crippen LogP contribution in [0.4, 0.5) is 11.4 Å². The lowest BCUT2D eigenvalue weighted by molar-refractivity contribution is 1.09. The first kappa shape index (κ1) is 14.7. The molecular weight excluding hydrogens is 268 g/mol. The third-order valence-corrected chi connectivity index (χ3v) is 3.71. The van der Waals surface area contributed by atoms with E-state index in [1.54, 1.807) is 0 Å². The van der Waals surface area contributed by atoms with Gasteiger partial charge in [0, 0.05) is 20.6 Å². The van der Waals surface area contributed by atoms with E-state index in [0.29, 0.717) is 0 Å². The third-order valence-electron chi connectivity index (χ3n) is 3.40. The van der Waals surface area contributed by atoms with Crippen LogP contribution in [0.15, 0.2) is 36.4 Å². The van der Waals surface area contributed by atoms with Gasteiger partial charge in [0.2, 0.25) is 0 Å². The summed E-state index contributed by atoms with van der Waals surface area (Å²) in [5.74, 6) is 0. The summed E-state index contributed by atoms with van der Waals surface area (Å²) in [5, 5.41) is 4.25. The van der Waals surface area contributed by atoms with E-state index in [-0.39, 0.29) is 0 Å². The van der Waals surface area contributed by atoms with E-state index in [9.17, 15) is 0 Å². The average molecular weight is 289 g/mol. The molecule has 0 aliphatic rings. The Morgan fingerprint density at radius 3 is 2.50 bits per heavy atom. The molecule has 0 aromatic heterocycles. The summed E-state index contributed by atoms with van der Waals surface area (Å²) in [5.41, 5.74) is 6.00. The normalized spacial score (nSPS) is 10.4. The summed E-state index contributed by atoms with van der Waals surface area (Å²) < 4.78 is 0. The fourth-order valence-electron chi connectivity index (χ4n) is 2.35. The van der Waals surface area contributed by atoms with Crippen LogP contribution in [-0.4, -0.2) is 14.1 Å². The first-order valence-electron chi connectivity index (χ1n) is 6.75. The molecule has 20 heavy (non-hydrogen) atoms. The van der Waals surface area contributed by atoms with Gasteiger partial charge in [0.25, 0.3) is 0 Å². The van der Waals surface area contributed by atoms with Gasteiger partial charge < -0.3 is 10.2 Å². The van der Waals surface area contributed by atoms with Crippen molar-refractivity contribution in [1.82, 2.24) is 0 Å². The molecule has 2 aromatic rings. The molecule has 3 heteroatoms. The lowest BCUT2D eigenvalue weighted by atomic mass is 10.1. The number of nitrogens with one attached hydrogen (secondary N) is 1. The van der Waals surface area contributed by atoms with Crippen molar-refractivity contribution in [2.45, 2.75) is 20.4 Å². The fraction of sp³-hybridized carbons (Fsp3) is 0.294. The molecular formula is C17H21ClN2. The van der Waals surface area contributed by atoms with E-state index in [0.717, 1.165) is 22.9 Å². The number of aryl methyl sites for hydroxylation is 2. The summed E-state index contributed by atoms with van der Waals surface area (Å²) in [6.45, 7) is 5.06. The van der Waals surface area contributed by atoms with Crippen molar-refractivity contribution in [3.05, 3.63) is 58.1 Å². The van der Waals surface area contributed by atoms with Gasteiger partial charge in [0.15, 0.2) is 0 Å². The molecule has 0 heterocycles. The van der Waals surface area contributed by atoms with Crippen LogP contribution in [0.3, 0.4) is 0 Å². The lowest BCUT2D eigenvalue weighted by Gasteiger charge is -2.20. The van der Waals surface area contributed by atoms with E-state index >= 15 is 0 Å². The van der Waals surface area contributed by atoms with E-state index in [2.05, 4.69) is 43.4 Å². The summed E-state index contributed by atoms with van der Waals surface area (Å²) >= 11 is 6.28. The standard InChI is InChI=1S/C17H21ClN2/c1-12-8-9-14(13(2)10-12)11-19-16-7-5-6-15(18)17(16)20(3)4/h5-10,19H,11H2,1-4H3. The van der Waals surface area contributed by atoms with Crippen LogP contribution in [0.2, 0.25) is 5.02 Å². The number of nitrogens with zero attached hydrogens (tertiary/aromatic N) is 1. The number of benzene rings is 2. The van der Waals surface area contributed by atoms with Gasteiger partial charge in [-0.15, -0.1) is 0 Å². The number of hydrogen-bond donors (Lipinski definition) is 1. The Bertz CT molecular complexity index is 606. The Kier molecular flexibility index (Phi) is 4.56. The molecule has 0 spiro atoms. The Labute approximate surface area is 126 Å². The lowest BCUT2D eigenvalue weighted by Crippen LogP contribution is -2.13. The highest BCUT2D eigenvalue weighted by atomic mass is 35.5. The summed E-state index contributed by atoms with van der Waals surface area (Å²) in [7, 11) is 4.01. The van der Waals surface area contributed by atoms with Crippen molar-refractivity contribution in [2.75, 3.05) is 24.3 Å². The minimum Gasteiger partial charge on any atom is -0.379 e. The molecule has 0 saturated carbocycles. The summed E-state index contributed by atoms with van der Waals surface area (Å²) in [4.78, 5) is 2.03. The Morgan fingerprint density at radius 1 is 1.10 bits per heavy atom. The molecule has 0 amide bonds. The second-order valence-corrected chi connectivity index (χ2v) is 5.72. The SMILES string of the molecule is Cc1ccc(CNc2cccc(Cl)c2N(C)C)c(C)c1. The van der Waals surface area contributed by atoms with Crippen molar-refractivity contribution in [3.8, 4) is 0 Å². The van der Waals surface area contributed by atoms with Crippen LogP contribution >= 0.6 is 11.6 Å². The molecule has 0 atom stereocenters. The minimum absolute atomic E-state index is 0.764. The largest absolute Gasteiger partial charge is 0.379 e. The molecule has 0 saturated heterocycles. The van der Waals surface area contributed by atoms with E-state index in [1.165, 1.54) is 16.7 Å². The molecule has 2 nitrogen and oxygen atoms in total. The Hall–Kier alpha value is -1.67. The molecule has 0 aliphatic carbocycles. The second-order valence-electron chi connectivity index (χ2n) is 5.31. The molecule has 2 rings (SSSR count). The van der Waals surface area contributed by atoms with E-state index in [1.807, 2.05) is 31.1 Å². The van der Waals surface area contributed by atoms with Crippen LogP contribution in [-0.2, 0) is 6.54 Å². The zero-order chi connectivity index (χ0) is 14.7. The third kappa shape index (κ3) is 3.26. The number of rotatable bonds is 4. The first-order valence-corrected chi connectivity index (χ1v) is 7.12. The van der Waals surface area contributed by atoms with Crippen molar-refractivity contribution < 1.29 is 0 Å². The Balaban J connectivity index is 2.21. The zero-order valence-corrected chi connectivity index (χ0v) is 13.3. The van der Waals surface area contributed by atoms with Gasteiger partial charge in [0.05, 0.1) is 16.4 Å². The quantitative estimate of drug-likeness (QED) is 0.882. The number of halogens is 1. The highest BCUT2D eigenvalue weighted by Gasteiger charge is 2.09. The first-order chi connectivity index (χ1) is 9.49. The molecule has 106 valence electrons. The maximum absolute atomic E-state index is 6.28. The van der Waals surface area contributed by atoms with Crippen LogP contribution in [0, 0.1) is 13.8 Å². The highest BCUT2D eigenvalue weighted by molar-refractivity contribution is 6.34. The van der Waals surface area contributed by atoms with Crippen LogP contribution in [0.1, 0.15) is 16.7 Å². The molecule has 1 N–H and O–H groups in total. The molecule has 0 radical (unpaired) electrons. The van der Waals surface area contributed by atoms with Gasteiger partial charge in [-0.2, -0.15) is 0 Å². The molecule has 2 aromatic carbocycles. The van der Waals surface area contributed by atoms with E-state index in [4.69, 9.17) is 11.6 Å². The number of para-hydroxylation sites is 1. The summed E-state index contributed by atoms with van der Waals surface area (Å²) in [6, 6.07) is 12.5. The van der Waals surface area contributed by atoms with E-state index < -0.39 is 0 Å². The number of hydrogen-bond acceptors (Lipinski definition) is 2. The van der Waals surface area contributed by atoms with Gasteiger partial charge in [-0.1, -0.05) is 41.4 Å². The number of anilines is 2. The van der Waals surface area contributed by atoms with Gasteiger partial charge in [-0.25, -0.2) is 0 Å². The molecule has 0 aliphatic heterocycles. The predicted octanol–water partition coefficient (Wildman–Crippen LogP) is 4.63. The van der Waals surface area contributed by atoms with Gasteiger partial charge >= 0.3 is 0 Å². The maximum atomic E-state index is 6.28. The second kappa shape index (κ2) is 6.19. The van der Waals surface area contributed by atoms with Crippen molar-refractivity contribution in [3.63, 3.8) is 0 Å². The predicted molar refractivity (Wildman–Crippen MR) is 89.0 cm³/mol. The monoisotopic (exact) mass is 288 g/mol. The van der Waals surface area contributed by atoms with Crippen molar-refractivity contribution in [1.29, 1.82) is 0 Å². The zero-order valence-electron chi connectivity index (χ0n) is 12.5. The topological polar surface area (TPSA) is 15.3 Å². The van der Waals surface area contributed by atoms with Crippen LogP contribution in [0.25, 0.3) is 0 Å². The average Bonchev–Trinajstić information content (AvgIpc) is 2.37. The van der Waals surface area contributed by atoms with Gasteiger partial charge in [-0.05, 0) is 37.1 Å². The minimum atomic E-state index is 0.764. The van der Waals surface area contributed by atoms with Crippen molar-refractivity contribution in [2.24, 2.45) is 0 Å².